The van der Waals surface area contributed by atoms with E-state index in [1.54, 1.807) is 13.3 Å². The highest BCUT2D eigenvalue weighted by Gasteiger charge is 2.34. The van der Waals surface area contributed by atoms with Crippen LogP contribution in [-0.2, 0) is 4.79 Å². The number of nitrogens with zero attached hydrogens (tertiary/aromatic N) is 2. The van der Waals surface area contributed by atoms with Gasteiger partial charge in [-0.15, -0.1) is 0 Å². The first-order valence-electron chi connectivity index (χ1n) is 11.8. The van der Waals surface area contributed by atoms with Gasteiger partial charge in [-0.1, -0.05) is 32.6 Å². The Hall–Kier alpha value is -2.22. The van der Waals surface area contributed by atoms with E-state index >= 15 is 0 Å². The number of ether oxygens (including phenoxy) is 1. The zero-order chi connectivity index (χ0) is 22.9. The van der Waals surface area contributed by atoms with E-state index in [9.17, 15) is 15.0 Å². The van der Waals surface area contributed by atoms with E-state index in [1.165, 1.54) is 25.7 Å². The van der Waals surface area contributed by atoms with Crippen LogP contribution in [0.15, 0.2) is 30.5 Å². The fourth-order valence-corrected chi connectivity index (χ4v) is 4.59. The molecule has 1 aromatic heterocycles. The summed E-state index contributed by atoms with van der Waals surface area (Å²) in [6, 6.07) is 7.25. The lowest BCUT2D eigenvalue weighted by atomic mass is 9.91. The SMILES string of the molecule is CCCCCCCN1CCC(NCC(O)c2ccnc3ccc(OC)cc23)C(C(=O)O)C1. The van der Waals surface area contributed by atoms with Crippen LogP contribution in [0, 0.1) is 5.92 Å². The smallest absolute Gasteiger partial charge is 0.309 e. The standard InChI is InChI=1S/C25H37N3O4/c1-3-4-5-6-7-13-28-14-11-23(21(17-28)25(30)31)27-16-24(29)19-10-12-26-22-9-8-18(32-2)15-20(19)22/h8-10,12,15,21,23-24,27,29H,3-7,11,13-14,16-17H2,1-2H3,(H,30,31). The molecular weight excluding hydrogens is 406 g/mol. The van der Waals surface area contributed by atoms with Gasteiger partial charge in [-0.2, -0.15) is 0 Å². The molecule has 1 aliphatic rings. The maximum absolute atomic E-state index is 11.9. The number of pyridine rings is 1. The number of likely N-dealkylation sites (tertiary alicyclic amines) is 1. The number of nitrogens with one attached hydrogen (secondary N) is 1. The molecule has 0 aliphatic carbocycles. The molecule has 1 saturated heterocycles. The number of aliphatic carboxylic acids is 1. The van der Waals surface area contributed by atoms with Gasteiger partial charge in [0.1, 0.15) is 5.75 Å². The molecule has 1 aliphatic heterocycles. The average molecular weight is 444 g/mol. The molecule has 2 aromatic rings. The lowest BCUT2D eigenvalue weighted by Crippen LogP contribution is -2.53. The largest absolute Gasteiger partial charge is 0.497 e. The predicted molar refractivity (Wildman–Crippen MR) is 126 cm³/mol. The maximum Gasteiger partial charge on any atom is 0.309 e. The maximum atomic E-state index is 11.9. The van der Waals surface area contributed by atoms with Gasteiger partial charge >= 0.3 is 5.97 Å². The lowest BCUT2D eigenvalue weighted by molar-refractivity contribution is -0.144. The third kappa shape index (κ3) is 6.40. The number of aliphatic hydroxyl groups excluding tert-OH is 1. The number of hydrogen-bond donors (Lipinski definition) is 3. The van der Waals surface area contributed by atoms with Gasteiger partial charge in [-0.3, -0.25) is 9.78 Å². The molecule has 3 unspecified atom stereocenters. The fourth-order valence-electron chi connectivity index (χ4n) is 4.59. The minimum atomic E-state index is -0.772. The number of aromatic nitrogens is 1. The number of fused-ring (bicyclic) bond motifs is 1. The van der Waals surface area contributed by atoms with Gasteiger partial charge in [0.05, 0.1) is 24.6 Å². The summed E-state index contributed by atoms with van der Waals surface area (Å²) in [6.07, 6.45) is 7.78. The highest BCUT2D eigenvalue weighted by atomic mass is 16.5. The number of piperidine rings is 1. The third-order valence-electron chi connectivity index (χ3n) is 6.51. The van der Waals surface area contributed by atoms with Crippen molar-refractivity contribution >= 4 is 16.9 Å². The molecule has 0 spiro atoms. The zero-order valence-corrected chi connectivity index (χ0v) is 19.3. The summed E-state index contributed by atoms with van der Waals surface area (Å²) >= 11 is 0. The minimum absolute atomic E-state index is 0.152. The summed E-state index contributed by atoms with van der Waals surface area (Å²) in [7, 11) is 1.61. The normalized spacial score (nSPS) is 20.3. The summed E-state index contributed by atoms with van der Waals surface area (Å²) < 4.78 is 5.31. The molecule has 2 heterocycles. The van der Waals surface area contributed by atoms with Crippen molar-refractivity contribution in [3.63, 3.8) is 0 Å². The molecule has 0 saturated carbocycles. The van der Waals surface area contributed by atoms with Crippen LogP contribution >= 0.6 is 0 Å². The second-order valence-corrected chi connectivity index (χ2v) is 8.76. The van der Waals surface area contributed by atoms with E-state index in [0.717, 1.165) is 42.4 Å². The number of carboxylic acids is 1. The predicted octanol–water partition coefficient (Wildman–Crippen LogP) is 3.61. The van der Waals surface area contributed by atoms with Gasteiger partial charge in [0.15, 0.2) is 0 Å². The molecule has 176 valence electrons. The van der Waals surface area contributed by atoms with Crippen molar-refractivity contribution in [3.05, 3.63) is 36.0 Å². The van der Waals surface area contributed by atoms with Crippen LogP contribution in [0.25, 0.3) is 10.9 Å². The molecule has 3 N–H and O–H groups in total. The van der Waals surface area contributed by atoms with Crippen LogP contribution in [0.3, 0.4) is 0 Å². The van der Waals surface area contributed by atoms with Crippen molar-refractivity contribution in [2.24, 2.45) is 5.92 Å². The minimum Gasteiger partial charge on any atom is -0.497 e. The summed E-state index contributed by atoms with van der Waals surface area (Å²) in [5.74, 6) is -0.535. The van der Waals surface area contributed by atoms with Gasteiger partial charge in [0.25, 0.3) is 0 Å². The summed E-state index contributed by atoms with van der Waals surface area (Å²) in [6.45, 7) is 4.92. The second-order valence-electron chi connectivity index (χ2n) is 8.76. The number of methoxy groups -OCH3 is 1. The van der Waals surface area contributed by atoms with Crippen LogP contribution in [0.4, 0.5) is 0 Å². The Morgan fingerprint density at radius 2 is 2.09 bits per heavy atom. The van der Waals surface area contributed by atoms with Gasteiger partial charge in [0.2, 0.25) is 0 Å². The van der Waals surface area contributed by atoms with Crippen molar-refractivity contribution in [2.75, 3.05) is 33.3 Å². The van der Waals surface area contributed by atoms with Crippen LogP contribution in [0.2, 0.25) is 0 Å². The average Bonchev–Trinajstić information content (AvgIpc) is 2.81. The van der Waals surface area contributed by atoms with Crippen LogP contribution < -0.4 is 10.1 Å². The van der Waals surface area contributed by atoms with Crippen LogP contribution in [0.5, 0.6) is 5.75 Å². The van der Waals surface area contributed by atoms with Gasteiger partial charge < -0.3 is 25.2 Å². The quantitative estimate of drug-likeness (QED) is 0.431. The number of unbranched alkanes of at least 4 members (excludes halogenated alkanes) is 4. The van der Waals surface area contributed by atoms with Crippen molar-refractivity contribution in [3.8, 4) is 5.75 Å². The van der Waals surface area contributed by atoms with E-state index in [0.29, 0.717) is 18.8 Å². The molecule has 3 atom stereocenters. The zero-order valence-electron chi connectivity index (χ0n) is 19.3. The summed E-state index contributed by atoms with van der Waals surface area (Å²) in [4.78, 5) is 18.6. The van der Waals surface area contributed by atoms with E-state index in [1.807, 2.05) is 24.3 Å². The number of benzene rings is 1. The number of hydrogen-bond acceptors (Lipinski definition) is 6. The van der Waals surface area contributed by atoms with Gasteiger partial charge in [-0.25, -0.2) is 0 Å². The summed E-state index contributed by atoms with van der Waals surface area (Å²) in [5.41, 5.74) is 1.55. The van der Waals surface area contributed by atoms with Gasteiger partial charge in [-0.05, 0) is 55.8 Å². The Morgan fingerprint density at radius 3 is 2.84 bits per heavy atom. The lowest BCUT2D eigenvalue weighted by Gasteiger charge is -2.37. The van der Waals surface area contributed by atoms with Crippen LogP contribution in [0.1, 0.15) is 57.1 Å². The molecule has 7 nitrogen and oxygen atoms in total. The molecular formula is C25H37N3O4. The first kappa shape index (κ1) is 24.4. The summed E-state index contributed by atoms with van der Waals surface area (Å²) in [5, 5.41) is 24.9. The monoisotopic (exact) mass is 443 g/mol. The number of carboxylic acid groups (broad SMARTS) is 1. The highest BCUT2D eigenvalue weighted by Crippen LogP contribution is 2.27. The van der Waals surface area contributed by atoms with Crippen molar-refractivity contribution in [1.29, 1.82) is 0 Å². The van der Waals surface area contributed by atoms with E-state index < -0.39 is 18.0 Å². The molecule has 0 bridgehead atoms. The molecule has 1 aromatic carbocycles. The topological polar surface area (TPSA) is 94.9 Å². The van der Waals surface area contributed by atoms with E-state index in [2.05, 4.69) is 22.1 Å². The Balaban J connectivity index is 1.58. The van der Waals surface area contributed by atoms with E-state index in [-0.39, 0.29) is 6.04 Å². The Morgan fingerprint density at radius 1 is 1.28 bits per heavy atom. The van der Waals surface area contributed by atoms with Crippen molar-refractivity contribution in [1.82, 2.24) is 15.2 Å². The van der Waals surface area contributed by atoms with Crippen molar-refractivity contribution in [2.45, 2.75) is 57.6 Å². The Labute approximate surface area is 190 Å². The second kappa shape index (κ2) is 12.1. The number of carbonyl (C=O) groups is 1. The third-order valence-corrected chi connectivity index (χ3v) is 6.51. The van der Waals surface area contributed by atoms with E-state index in [4.69, 9.17) is 4.74 Å². The molecule has 1 fully saturated rings. The molecule has 0 amide bonds. The molecule has 3 rings (SSSR count). The number of aliphatic hydroxyl groups is 1. The van der Waals surface area contributed by atoms with Crippen molar-refractivity contribution < 1.29 is 19.7 Å². The van der Waals surface area contributed by atoms with Crippen LogP contribution in [-0.4, -0.2) is 65.4 Å². The van der Waals surface area contributed by atoms with Gasteiger partial charge in [0, 0.05) is 30.7 Å². The molecule has 7 heteroatoms. The molecule has 0 radical (unpaired) electrons. The number of rotatable bonds is 12. The first-order valence-corrected chi connectivity index (χ1v) is 11.8. The Bertz CT molecular complexity index is 875. The fraction of sp³-hybridized carbons (Fsp3) is 0.600. The first-order chi connectivity index (χ1) is 15.5. The Kier molecular flexibility index (Phi) is 9.26. The highest BCUT2D eigenvalue weighted by molar-refractivity contribution is 5.83. The molecule has 32 heavy (non-hydrogen) atoms.